The van der Waals surface area contributed by atoms with Crippen molar-refractivity contribution in [2.75, 3.05) is 12.3 Å². The number of aromatic nitrogens is 3. The molecule has 2 N–H and O–H groups in total. The standard InChI is InChI=1S/C10H15N5O2S/c1-4-12-10(2,5-11)6-18-9-13-7(16)8(17)14-15(9)3/h12H,4,6H2,1-3H3,(H,14,17). The molecule has 1 aromatic heterocycles. The molecule has 0 fully saturated rings. The first-order chi connectivity index (χ1) is 8.41. The lowest BCUT2D eigenvalue weighted by molar-refractivity contribution is 0.509. The number of H-pyrrole nitrogens is 1. The van der Waals surface area contributed by atoms with E-state index >= 15 is 0 Å². The molecule has 0 aliphatic rings. The topological polar surface area (TPSA) is 104 Å². The van der Waals surface area contributed by atoms with Crippen LogP contribution in [0.3, 0.4) is 0 Å². The summed E-state index contributed by atoms with van der Waals surface area (Å²) >= 11 is 1.24. The van der Waals surface area contributed by atoms with Crippen molar-refractivity contribution in [1.29, 1.82) is 5.26 Å². The minimum atomic E-state index is -0.822. The Hall–Kier alpha value is -1.59. The smallest absolute Gasteiger partial charge is 0.299 e. The number of nitrogens with zero attached hydrogens (tertiary/aromatic N) is 3. The Morgan fingerprint density at radius 1 is 1.61 bits per heavy atom. The fraction of sp³-hybridized carbons (Fsp3) is 0.600. The number of aryl methyl sites for hydroxylation is 1. The summed E-state index contributed by atoms with van der Waals surface area (Å²) in [5.41, 5.74) is -2.28. The molecule has 0 aliphatic carbocycles. The van der Waals surface area contributed by atoms with Gasteiger partial charge in [-0.05, 0) is 13.5 Å². The summed E-state index contributed by atoms with van der Waals surface area (Å²) in [6.07, 6.45) is 0. The Kier molecular flexibility index (Phi) is 4.69. The van der Waals surface area contributed by atoms with Crippen LogP contribution in [0.2, 0.25) is 0 Å². The number of hydrogen-bond acceptors (Lipinski definition) is 6. The zero-order valence-corrected chi connectivity index (χ0v) is 11.3. The molecular weight excluding hydrogens is 254 g/mol. The van der Waals surface area contributed by atoms with Gasteiger partial charge in [-0.1, -0.05) is 18.7 Å². The number of rotatable bonds is 5. The van der Waals surface area contributed by atoms with Crippen molar-refractivity contribution >= 4 is 11.8 Å². The van der Waals surface area contributed by atoms with Crippen molar-refractivity contribution in [2.24, 2.45) is 7.05 Å². The molecule has 1 heterocycles. The second-order valence-corrected chi connectivity index (χ2v) is 4.90. The molecule has 0 aliphatic heterocycles. The second kappa shape index (κ2) is 5.84. The SMILES string of the molecule is CCNC(C)(C#N)CSc1nc(=O)c(=O)[nH]n1C. The molecule has 98 valence electrons. The largest absolute Gasteiger partial charge is 0.339 e. The molecule has 0 spiro atoms. The van der Waals surface area contributed by atoms with E-state index in [1.54, 1.807) is 14.0 Å². The molecule has 0 bridgehead atoms. The Morgan fingerprint density at radius 2 is 2.28 bits per heavy atom. The van der Waals surface area contributed by atoms with Gasteiger partial charge in [0.25, 0.3) is 0 Å². The van der Waals surface area contributed by atoms with E-state index in [0.717, 1.165) is 0 Å². The Morgan fingerprint density at radius 3 is 2.83 bits per heavy atom. The lowest BCUT2D eigenvalue weighted by Crippen LogP contribution is -2.43. The molecule has 18 heavy (non-hydrogen) atoms. The quantitative estimate of drug-likeness (QED) is 0.549. The first kappa shape index (κ1) is 14.5. The van der Waals surface area contributed by atoms with Crippen LogP contribution >= 0.6 is 11.8 Å². The van der Waals surface area contributed by atoms with E-state index in [1.165, 1.54) is 16.4 Å². The molecule has 7 nitrogen and oxygen atoms in total. The summed E-state index contributed by atoms with van der Waals surface area (Å²) in [7, 11) is 1.59. The number of aromatic amines is 1. The van der Waals surface area contributed by atoms with Gasteiger partial charge in [-0.3, -0.25) is 24.7 Å². The van der Waals surface area contributed by atoms with Crippen molar-refractivity contribution in [3.05, 3.63) is 20.7 Å². The molecule has 1 aromatic rings. The minimum absolute atomic E-state index is 0.374. The fourth-order valence-electron chi connectivity index (χ4n) is 1.31. The van der Waals surface area contributed by atoms with Crippen molar-refractivity contribution < 1.29 is 0 Å². The van der Waals surface area contributed by atoms with Gasteiger partial charge in [-0.2, -0.15) is 10.2 Å². The van der Waals surface area contributed by atoms with Gasteiger partial charge in [-0.25, -0.2) is 0 Å². The van der Waals surface area contributed by atoms with Crippen LogP contribution in [0.15, 0.2) is 14.7 Å². The molecule has 1 rings (SSSR count). The number of hydrogen-bond donors (Lipinski definition) is 2. The lowest BCUT2D eigenvalue weighted by Gasteiger charge is -2.21. The highest BCUT2D eigenvalue weighted by Crippen LogP contribution is 2.18. The molecule has 0 aromatic carbocycles. The Bertz CT molecular complexity index is 573. The highest BCUT2D eigenvalue weighted by atomic mass is 32.2. The van der Waals surface area contributed by atoms with Crippen LogP contribution in [0.5, 0.6) is 0 Å². The third kappa shape index (κ3) is 3.45. The van der Waals surface area contributed by atoms with Gasteiger partial charge in [0.1, 0.15) is 5.54 Å². The number of nitriles is 1. The molecule has 0 radical (unpaired) electrons. The van der Waals surface area contributed by atoms with Crippen molar-refractivity contribution in [3.63, 3.8) is 0 Å². The van der Waals surface area contributed by atoms with E-state index in [0.29, 0.717) is 17.5 Å². The molecule has 0 amide bonds. The summed E-state index contributed by atoms with van der Waals surface area (Å²) < 4.78 is 1.37. The monoisotopic (exact) mass is 269 g/mol. The predicted molar refractivity (Wildman–Crippen MR) is 68.5 cm³/mol. The van der Waals surface area contributed by atoms with E-state index in [9.17, 15) is 9.59 Å². The van der Waals surface area contributed by atoms with E-state index in [2.05, 4.69) is 21.5 Å². The van der Waals surface area contributed by atoms with E-state index in [-0.39, 0.29) is 0 Å². The van der Waals surface area contributed by atoms with Gasteiger partial charge in [0, 0.05) is 12.8 Å². The molecule has 8 heteroatoms. The zero-order valence-electron chi connectivity index (χ0n) is 10.5. The van der Waals surface area contributed by atoms with Gasteiger partial charge < -0.3 is 0 Å². The molecular formula is C10H15N5O2S. The predicted octanol–water partition coefficient (Wildman–Crippen LogP) is -0.548. The number of nitrogens with one attached hydrogen (secondary N) is 2. The highest BCUT2D eigenvalue weighted by Gasteiger charge is 2.23. The van der Waals surface area contributed by atoms with E-state index < -0.39 is 16.7 Å². The normalized spacial score (nSPS) is 13.9. The molecule has 1 atom stereocenters. The van der Waals surface area contributed by atoms with Crippen LogP contribution in [0, 0.1) is 11.3 Å². The van der Waals surface area contributed by atoms with Crippen molar-refractivity contribution in [3.8, 4) is 6.07 Å². The molecule has 1 unspecified atom stereocenters. The Labute approximate surface area is 108 Å². The maximum atomic E-state index is 11.1. The summed E-state index contributed by atoms with van der Waals surface area (Å²) in [5.74, 6) is 0.420. The minimum Gasteiger partial charge on any atom is -0.299 e. The first-order valence-electron chi connectivity index (χ1n) is 5.38. The van der Waals surface area contributed by atoms with Crippen LogP contribution in [-0.4, -0.2) is 32.6 Å². The zero-order chi connectivity index (χ0) is 13.8. The first-order valence-corrected chi connectivity index (χ1v) is 6.37. The average molecular weight is 269 g/mol. The summed E-state index contributed by atoms with van der Waals surface area (Å²) in [6.45, 7) is 4.35. The van der Waals surface area contributed by atoms with Gasteiger partial charge in [-0.15, -0.1) is 0 Å². The van der Waals surface area contributed by atoms with Gasteiger partial charge in [0.2, 0.25) is 0 Å². The van der Waals surface area contributed by atoms with E-state index in [1.807, 2.05) is 6.92 Å². The van der Waals surface area contributed by atoms with Gasteiger partial charge in [0.15, 0.2) is 5.16 Å². The maximum Gasteiger partial charge on any atom is 0.339 e. The Balaban J connectivity index is 2.87. The number of thioether (sulfide) groups is 1. The third-order valence-corrected chi connectivity index (χ3v) is 3.60. The summed E-state index contributed by atoms with van der Waals surface area (Å²) in [5, 5.41) is 14.9. The molecule has 0 saturated heterocycles. The van der Waals surface area contributed by atoms with Crippen LogP contribution in [0.1, 0.15) is 13.8 Å². The van der Waals surface area contributed by atoms with Crippen LogP contribution in [-0.2, 0) is 7.05 Å². The van der Waals surface area contributed by atoms with Gasteiger partial charge in [0.05, 0.1) is 6.07 Å². The molecule has 0 saturated carbocycles. The lowest BCUT2D eigenvalue weighted by atomic mass is 10.1. The van der Waals surface area contributed by atoms with Crippen molar-refractivity contribution in [1.82, 2.24) is 20.1 Å². The van der Waals surface area contributed by atoms with Crippen LogP contribution in [0.4, 0.5) is 0 Å². The van der Waals surface area contributed by atoms with Gasteiger partial charge >= 0.3 is 11.1 Å². The van der Waals surface area contributed by atoms with Crippen LogP contribution in [0.25, 0.3) is 0 Å². The average Bonchev–Trinajstić information content (AvgIpc) is 2.32. The highest BCUT2D eigenvalue weighted by molar-refractivity contribution is 7.99. The second-order valence-electron chi connectivity index (χ2n) is 3.96. The van der Waals surface area contributed by atoms with Crippen LogP contribution < -0.4 is 16.4 Å². The summed E-state index contributed by atoms with van der Waals surface area (Å²) in [6, 6.07) is 2.18. The van der Waals surface area contributed by atoms with E-state index in [4.69, 9.17) is 5.26 Å². The fourth-order valence-corrected chi connectivity index (χ4v) is 2.28. The van der Waals surface area contributed by atoms with Crippen molar-refractivity contribution in [2.45, 2.75) is 24.5 Å². The summed E-state index contributed by atoms with van der Waals surface area (Å²) in [4.78, 5) is 25.8. The maximum absolute atomic E-state index is 11.1. The third-order valence-electron chi connectivity index (χ3n) is 2.25.